The highest BCUT2D eigenvalue weighted by Crippen LogP contribution is 2.03. The van der Waals surface area contributed by atoms with Gasteiger partial charge in [0.1, 0.15) is 11.5 Å². The molecule has 1 rings (SSSR count). The summed E-state index contributed by atoms with van der Waals surface area (Å²) in [6, 6.07) is 3.59. The minimum absolute atomic E-state index is 0.0386. The van der Waals surface area contributed by atoms with Gasteiger partial charge in [0.15, 0.2) is 0 Å². The van der Waals surface area contributed by atoms with E-state index in [0.29, 0.717) is 38.7 Å². The first-order valence-electron chi connectivity index (χ1n) is 6.18. The lowest BCUT2D eigenvalue weighted by Crippen LogP contribution is -2.13. The summed E-state index contributed by atoms with van der Waals surface area (Å²) in [4.78, 5) is 3.98. The van der Waals surface area contributed by atoms with Crippen molar-refractivity contribution in [1.29, 1.82) is 5.41 Å². The molecule has 106 valence electrons. The monoisotopic (exact) mass is 267 g/mol. The third-order valence-electron chi connectivity index (χ3n) is 2.38. The molecular weight excluding hydrogens is 246 g/mol. The third-order valence-corrected chi connectivity index (χ3v) is 2.38. The van der Waals surface area contributed by atoms with Crippen LogP contribution in [0.25, 0.3) is 0 Å². The van der Waals surface area contributed by atoms with E-state index < -0.39 is 0 Å². The van der Waals surface area contributed by atoms with Gasteiger partial charge in [-0.05, 0) is 24.1 Å². The average Bonchev–Trinajstić information content (AvgIpc) is 2.42. The number of amidine groups is 1. The maximum atomic E-state index is 7.30. The number of pyridine rings is 1. The highest BCUT2D eigenvalue weighted by molar-refractivity contribution is 5.93. The van der Waals surface area contributed by atoms with Gasteiger partial charge in [-0.3, -0.25) is 10.4 Å². The van der Waals surface area contributed by atoms with Gasteiger partial charge in [0.2, 0.25) is 0 Å². The fourth-order valence-corrected chi connectivity index (χ4v) is 1.43. The number of rotatable bonds is 10. The zero-order valence-electron chi connectivity index (χ0n) is 11.2. The number of hydrogen-bond donors (Lipinski definition) is 2. The van der Waals surface area contributed by atoms with Gasteiger partial charge in [-0.25, -0.2) is 0 Å². The number of aromatic nitrogens is 1. The molecule has 6 heteroatoms. The van der Waals surface area contributed by atoms with E-state index in [1.807, 2.05) is 6.07 Å². The number of methoxy groups -OCH3 is 1. The van der Waals surface area contributed by atoms with E-state index in [-0.39, 0.29) is 5.84 Å². The topological polar surface area (TPSA) is 90.5 Å². The van der Waals surface area contributed by atoms with E-state index in [0.717, 1.165) is 12.0 Å². The van der Waals surface area contributed by atoms with E-state index in [1.165, 1.54) is 0 Å². The van der Waals surface area contributed by atoms with Gasteiger partial charge in [-0.15, -0.1) is 0 Å². The molecule has 0 saturated carbocycles. The summed E-state index contributed by atoms with van der Waals surface area (Å²) in [6.45, 7) is 2.95. The van der Waals surface area contributed by atoms with E-state index in [2.05, 4.69) is 4.98 Å². The van der Waals surface area contributed by atoms with Crippen LogP contribution in [0.3, 0.4) is 0 Å². The van der Waals surface area contributed by atoms with Gasteiger partial charge in [0.25, 0.3) is 0 Å². The van der Waals surface area contributed by atoms with Crippen molar-refractivity contribution >= 4 is 5.84 Å². The van der Waals surface area contributed by atoms with Crippen LogP contribution in [0, 0.1) is 5.41 Å². The van der Waals surface area contributed by atoms with Crippen molar-refractivity contribution in [3.63, 3.8) is 0 Å². The molecular formula is C13H21N3O3. The standard InChI is InChI=1S/C13H21N3O3/c1-17-5-2-6-18-7-8-19-10-11-3-4-16-12(9-11)13(14)15/h3-4,9H,2,5-8,10H2,1H3,(H3,14,15). The van der Waals surface area contributed by atoms with Crippen LogP contribution in [0.15, 0.2) is 18.3 Å². The first kappa shape index (κ1) is 15.6. The second-order valence-corrected chi connectivity index (χ2v) is 3.97. The maximum absolute atomic E-state index is 7.30. The average molecular weight is 267 g/mol. The fourth-order valence-electron chi connectivity index (χ4n) is 1.43. The molecule has 0 aliphatic rings. The van der Waals surface area contributed by atoms with Crippen LogP contribution < -0.4 is 5.73 Å². The second-order valence-electron chi connectivity index (χ2n) is 3.97. The molecule has 0 amide bonds. The van der Waals surface area contributed by atoms with E-state index in [9.17, 15) is 0 Å². The fraction of sp³-hybridized carbons (Fsp3) is 0.538. The van der Waals surface area contributed by atoms with Crippen LogP contribution in [0.4, 0.5) is 0 Å². The lowest BCUT2D eigenvalue weighted by Gasteiger charge is -2.06. The van der Waals surface area contributed by atoms with Gasteiger partial charge in [-0.2, -0.15) is 0 Å². The molecule has 0 atom stereocenters. The quantitative estimate of drug-likeness (QED) is 0.374. The van der Waals surface area contributed by atoms with Crippen molar-refractivity contribution in [3.8, 4) is 0 Å². The molecule has 0 aromatic carbocycles. The third kappa shape index (κ3) is 6.85. The van der Waals surface area contributed by atoms with Crippen LogP contribution in [0.1, 0.15) is 17.7 Å². The molecule has 3 N–H and O–H groups in total. The molecule has 0 aliphatic carbocycles. The van der Waals surface area contributed by atoms with Crippen molar-refractivity contribution in [2.24, 2.45) is 5.73 Å². The Morgan fingerprint density at radius 3 is 2.79 bits per heavy atom. The number of nitrogens with two attached hydrogens (primary N) is 1. The summed E-state index contributed by atoms with van der Waals surface area (Å²) in [5.41, 5.74) is 6.78. The molecule has 1 aromatic rings. The molecule has 0 aliphatic heterocycles. The number of nitrogens with one attached hydrogen (secondary N) is 1. The zero-order valence-corrected chi connectivity index (χ0v) is 11.2. The van der Waals surface area contributed by atoms with Crippen LogP contribution in [0.2, 0.25) is 0 Å². The molecule has 0 bridgehead atoms. The number of nitrogen functional groups attached to an aromatic ring is 1. The van der Waals surface area contributed by atoms with Gasteiger partial charge >= 0.3 is 0 Å². The molecule has 6 nitrogen and oxygen atoms in total. The highest BCUT2D eigenvalue weighted by Gasteiger charge is 2.00. The predicted octanol–water partition coefficient (Wildman–Crippen LogP) is 0.935. The Morgan fingerprint density at radius 1 is 1.26 bits per heavy atom. The van der Waals surface area contributed by atoms with Crippen LogP contribution in [0.5, 0.6) is 0 Å². The molecule has 0 fully saturated rings. The predicted molar refractivity (Wildman–Crippen MR) is 72.2 cm³/mol. The van der Waals surface area contributed by atoms with Crippen molar-refractivity contribution < 1.29 is 14.2 Å². The van der Waals surface area contributed by atoms with Gasteiger partial charge in [0.05, 0.1) is 19.8 Å². The Balaban J connectivity index is 2.12. The Morgan fingerprint density at radius 2 is 2.05 bits per heavy atom. The summed E-state index contributed by atoms with van der Waals surface area (Å²) in [7, 11) is 1.67. The molecule has 0 radical (unpaired) electrons. The molecule has 1 aromatic heterocycles. The minimum Gasteiger partial charge on any atom is -0.385 e. The minimum atomic E-state index is -0.0386. The van der Waals surface area contributed by atoms with Gasteiger partial charge < -0.3 is 19.9 Å². The lowest BCUT2D eigenvalue weighted by molar-refractivity contribution is 0.0336. The van der Waals surface area contributed by atoms with Crippen molar-refractivity contribution in [3.05, 3.63) is 29.6 Å². The Hall–Kier alpha value is -1.50. The largest absolute Gasteiger partial charge is 0.385 e. The zero-order chi connectivity index (χ0) is 13.9. The molecule has 0 saturated heterocycles. The molecule has 1 heterocycles. The first-order chi connectivity index (χ1) is 9.24. The van der Waals surface area contributed by atoms with Crippen LogP contribution in [-0.4, -0.2) is 44.4 Å². The first-order valence-corrected chi connectivity index (χ1v) is 6.18. The van der Waals surface area contributed by atoms with Crippen LogP contribution >= 0.6 is 0 Å². The SMILES string of the molecule is COCCCOCCOCc1ccnc(C(=N)N)c1. The van der Waals surface area contributed by atoms with E-state index in [4.69, 9.17) is 25.4 Å². The number of hydrogen-bond acceptors (Lipinski definition) is 5. The lowest BCUT2D eigenvalue weighted by atomic mass is 10.2. The summed E-state index contributed by atoms with van der Waals surface area (Å²) in [5.74, 6) is -0.0386. The Labute approximate surface area is 113 Å². The summed E-state index contributed by atoms with van der Waals surface area (Å²) in [5, 5.41) is 7.30. The normalized spacial score (nSPS) is 10.6. The second kappa shape index (κ2) is 9.43. The highest BCUT2D eigenvalue weighted by atomic mass is 16.5. The van der Waals surface area contributed by atoms with Crippen molar-refractivity contribution in [2.75, 3.05) is 33.5 Å². The van der Waals surface area contributed by atoms with Crippen LogP contribution in [-0.2, 0) is 20.8 Å². The van der Waals surface area contributed by atoms with E-state index >= 15 is 0 Å². The number of nitrogens with zero attached hydrogens (tertiary/aromatic N) is 1. The maximum Gasteiger partial charge on any atom is 0.141 e. The summed E-state index contributed by atoms with van der Waals surface area (Å²) < 4.78 is 15.7. The van der Waals surface area contributed by atoms with Gasteiger partial charge in [0, 0.05) is 26.5 Å². The van der Waals surface area contributed by atoms with Gasteiger partial charge in [-0.1, -0.05) is 0 Å². The summed E-state index contributed by atoms with van der Waals surface area (Å²) in [6.07, 6.45) is 2.51. The molecule has 19 heavy (non-hydrogen) atoms. The molecule has 0 unspecified atom stereocenters. The summed E-state index contributed by atoms with van der Waals surface area (Å²) >= 11 is 0. The van der Waals surface area contributed by atoms with E-state index in [1.54, 1.807) is 19.4 Å². The molecule has 0 spiro atoms. The Kier molecular flexibility index (Phi) is 7.72. The smallest absolute Gasteiger partial charge is 0.141 e. The number of ether oxygens (including phenoxy) is 3. The van der Waals surface area contributed by atoms with Crippen molar-refractivity contribution in [2.45, 2.75) is 13.0 Å². The van der Waals surface area contributed by atoms with Crippen molar-refractivity contribution in [1.82, 2.24) is 4.98 Å². The Bertz CT molecular complexity index is 385.